The lowest BCUT2D eigenvalue weighted by Crippen LogP contribution is -2.24. The maximum atomic E-state index is 12.1. The number of carbonyl (C=O) groups is 1. The highest BCUT2D eigenvalue weighted by molar-refractivity contribution is 7.90. The Morgan fingerprint density at radius 3 is 2.54 bits per heavy atom. The van der Waals surface area contributed by atoms with E-state index >= 15 is 0 Å². The van der Waals surface area contributed by atoms with Crippen molar-refractivity contribution in [2.24, 2.45) is 0 Å². The summed E-state index contributed by atoms with van der Waals surface area (Å²) in [4.78, 5) is 16.8. The van der Waals surface area contributed by atoms with Crippen molar-refractivity contribution in [2.75, 3.05) is 11.6 Å². The molecule has 146 valence electrons. The number of hydrogen-bond acceptors (Lipinski definition) is 6. The number of anilines is 2. The average molecular weight is 436 g/mol. The monoisotopic (exact) mass is 435 g/mol. The van der Waals surface area contributed by atoms with E-state index in [1.165, 1.54) is 29.7 Å². The summed E-state index contributed by atoms with van der Waals surface area (Å²) in [7, 11) is -3.22. The van der Waals surface area contributed by atoms with Crippen molar-refractivity contribution in [1.29, 1.82) is 0 Å². The average Bonchev–Trinajstić information content (AvgIpc) is 3.07. The molecule has 9 heteroatoms. The van der Waals surface area contributed by atoms with Gasteiger partial charge in [0.25, 0.3) is 0 Å². The summed E-state index contributed by atoms with van der Waals surface area (Å²) in [5.41, 5.74) is 2.23. The van der Waals surface area contributed by atoms with E-state index < -0.39 is 9.84 Å². The molecule has 0 radical (unpaired) electrons. The van der Waals surface area contributed by atoms with Crippen LogP contribution in [0, 0.1) is 0 Å². The van der Waals surface area contributed by atoms with Gasteiger partial charge in [0.15, 0.2) is 15.0 Å². The van der Waals surface area contributed by atoms with Gasteiger partial charge in [0, 0.05) is 28.9 Å². The van der Waals surface area contributed by atoms with Crippen molar-refractivity contribution >= 4 is 49.5 Å². The highest BCUT2D eigenvalue weighted by atomic mass is 35.5. The first kappa shape index (κ1) is 20.3. The van der Waals surface area contributed by atoms with Crippen LogP contribution in [0.3, 0.4) is 0 Å². The van der Waals surface area contributed by atoms with Crippen molar-refractivity contribution in [1.82, 2.24) is 10.3 Å². The Morgan fingerprint density at radius 2 is 1.86 bits per heavy atom. The van der Waals surface area contributed by atoms with Crippen molar-refractivity contribution in [3.05, 3.63) is 70.2 Å². The molecule has 0 spiro atoms. The molecule has 1 amide bonds. The molecule has 0 aliphatic heterocycles. The number of aromatic nitrogens is 1. The van der Waals surface area contributed by atoms with Crippen LogP contribution in [0.4, 0.5) is 10.8 Å². The smallest absolute Gasteiger partial charge is 0.226 e. The van der Waals surface area contributed by atoms with E-state index in [0.717, 1.165) is 11.3 Å². The summed E-state index contributed by atoms with van der Waals surface area (Å²) < 4.78 is 23.0. The van der Waals surface area contributed by atoms with Crippen molar-refractivity contribution < 1.29 is 13.2 Å². The summed E-state index contributed by atoms with van der Waals surface area (Å²) in [6.45, 7) is 0.362. The van der Waals surface area contributed by atoms with Crippen LogP contribution in [0.25, 0.3) is 0 Å². The minimum atomic E-state index is -3.22. The Labute approximate surface area is 172 Å². The molecule has 1 aromatic heterocycles. The lowest BCUT2D eigenvalue weighted by atomic mass is 10.2. The molecule has 0 fully saturated rings. The van der Waals surface area contributed by atoms with Crippen LogP contribution >= 0.6 is 22.9 Å². The van der Waals surface area contributed by atoms with Gasteiger partial charge in [0.05, 0.1) is 17.0 Å². The van der Waals surface area contributed by atoms with E-state index in [1.807, 2.05) is 23.6 Å². The van der Waals surface area contributed by atoms with Crippen molar-refractivity contribution in [3.8, 4) is 0 Å². The number of nitrogens with one attached hydrogen (secondary N) is 2. The number of nitrogens with zero attached hydrogens (tertiary/aromatic N) is 1. The number of amides is 1. The Kier molecular flexibility index (Phi) is 6.33. The van der Waals surface area contributed by atoms with E-state index in [-0.39, 0.29) is 17.2 Å². The number of carbonyl (C=O) groups excluding carboxylic acids is 1. The molecule has 3 aromatic rings. The zero-order valence-electron chi connectivity index (χ0n) is 15.0. The van der Waals surface area contributed by atoms with Gasteiger partial charge in [-0.25, -0.2) is 13.4 Å². The van der Waals surface area contributed by atoms with Crippen LogP contribution in [0.1, 0.15) is 11.3 Å². The van der Waals surface area contributed by atoms with Gasteiger partial charge >= 0.3 is 0 Å². The first-order valence-corrected chi connectivity index (χ1v) is 11.5. The van der Waals surface area contributed by atoms with Gasteiger partial charge in [-0.1, -0.05) is 29.8 Å². The topological polar surface area (TPSA) is 88.2 Å². The Bertz CT molecular complexity index is 1080. The predicted octanol–water partition coefficient (Wildman–Crippen LogP) is 3.80. The third-order valence-electron chi connectivity index (χ3n) is 3.86. The van der Waals surface area contributed by atoms with Crippen LogP contribution in [-0.2, 0) is 27.6 Å². The SMILES string of the molecule is CS(=O)(=O)c1ccc(Nc2nc(CC(=O)NCc3ccccc3Cl)cs2)cc1. The second kappa shape index (κ2) is 8.72. The summed E-state index contributed by atoms with van der Waals surface area (Å²) in [6.07, 6.45) is 1.33. The van der Waals surface area contributed by atoms with Gasteiger partial charge in [-0.3, -0.25) is 4.79 Å². The van der Waals surface area contributed by atoms with Crippen LogP contribution in [0.15, 0.2) is 58.8 Å². The van der Waals surface area contributed by atoms with Gasteiger partial charge in [-0.15, -0.1) is 11.3 Å². The van der Waals surface area contributed by atoms with Crippen LogP contribution in [-0.4, -0.2) is 25.6 Å². The quantitative estimate of drug-likeness (QED) is 0.589. The number of sulfone groups is 1. The Morgan fingerprint density at radius 1 is 1.14 bits per heavy atom. The molecule has 0 unspecified atom stereocenters. The maximum absolute atomic E-state index is 12.1. The second-order valence-corrected chi connectivity index (χ2v) is 9.39. The third-order valence-corrected chi connectivity index (χ3v) is 6.16. The summed E-state index contributed by atoms with van der Waals surface area (Å²) in [6, 6.07) is 13.8. The lowest BCUT2D eigenvalue weighted by Gasteiger charge is -2.06. The summed E-state index contributed by atoms with van der Waals surface area (Å²) in [5.74, 6) is -0.144. The fraction of sp³-hybridized carbons (Fsp3) is 0.158. The zero-order chi connectivity index (χ0) is 20.1. The summed E-state index contributed by atoms with van der Waals surface area (Å²) >= 11 is 7.45. The lowest BCUT2D eigenvalue weighted by molar-refractivity contribution is -0.120. The van der Waals surface area contributed by atoms with Crippen molar-refractivity contribution in [2.45, 2.75) is 17.9 Å². The Balaban J connectivity index is 1.55. The van der Waals surface area contributed by atoms with Crippen LogP contribution in [0.5, 0.6) is 0 Å². The molecule has 3 rings (SSSR count). The first-order chi connectivity index (χ1) is 13.3. The van der Waals surface area contributed by atoms with Gasteiger partial charge in [0.2, 0.25) is 5.91 Å². The van der Waals surface area contributed by atoms with Gasteiger partial charge < -0.3 is 10.6 Å². The fourth-order valence-corrected chi connectivity index (χ4v) is 3.98. The molecular formula is C19H18ClN3O3S2. The number of halogens is 1. The van der Waals surface area contributed by atoms with E-state index in [1.54, 1.807) is 18.2 Å². The van der Waals surface area contributed by atoms with Gasteiger partial charge in [0.1, 0.15) is 0 Å². The molecule has 1 heterocycles. The minimum absolute atomic E-state index is 0.144. The molecule has 0 saturated carbocycles. The van der Waals surface area contributed by atoms with Gasteiger partial charge in [-0.05, 0) is 35.9 Å². The number of rotatable bonds is 7. The number of hydrogen-bond donors (Lipinski definition) is 2. The van der Waals surface area contributed by atoms with E-state index in [9.17, 15) is 13.2 Å². The Hall–Kier alpha value is -2.42. The highest BCUT2D eigenvalue weighted by Crippen LogP contribution is 2.22. The number of thiazole rings is 1. The predicted molar refractivity (Wildman–Crippen MR) is 112 cm³/mol. The standard InChI is InChI=1S/C19H18ClN3O3S2/c1-28(25,26)16-8-6-14(7-9-16)22-19-23-15(12-27-19)10-18(24)21-11-13-4-2-3-5-17(13)20/h2-9,12H,10-11H2,1H3,(H,21,24)(H,22,23). The first-order valence-electron chi connectivity index (χ1n) is 8.33. The molecule has 2 N–H and O–H groups in total. The molecule has 6 nitrogen and oxygen atoms in total. The molecule has 0 bridgehead atoms. The van der Waals surface area contributed by atoms with Crippen LogP contribution in [0.2, 0.25) is 5.02 Å². The van der Waals surface area contributed by atoms with E-state index in [2.05, 4.69) is 15.6 Å². The molecular weight excluding hydrogens is 418 g/mol. The highest BCUT2D eigenvalue weighted by Gasteiger charge is 2.10. The molecule has 2 aromatic carbocycles. The fourth-order valence-electron chi connectivity index (χ4n) is 2.42. The van der Waals surface area contributed by atoms with Gasteiger partial charge in [-0.2, -0.15) is 0 Å². The summed E-state index contributed by atoms with van der Waals surface area (Å²) in [5, 5.41) is 8.99. The zero-order valence-corrected chi connectivity index (χ0v) is 17.4. The number of benzene rings is 2. The van der Waals surface area contributed by atoms with Crippen molar-refractivity contribution in [3.63, 3.8) is 0 Å². The van der Waals surface area contributed by atoms with Crippen LogP contribution < -0.4 is 10.6 Å². The van der Waals surface area contributed by atoms with E-state index in [0.29, 0.717) is 22.4 Å². The molecule has 0 aliphatic rings. The largest absolute Gasteiger partial charge is 0.352 e. The minimum Gasteiger partial charge on any atom is -0.352 e. The molecule has 28 heavy (non-hydrogen) atoms. The maximum Gasteiger partial charge on any atom is 0.226 e. The molecule has 0 aliphatic carbocycles. The molecule has 0 atom stereocenters. The normalized spacial score (nSPS) is 11.2. The van der Waals surface area contributed by atoms with E-state index in [4.69, 9.17) is 11.6 Å². The molecule has 0 saturated heterocycles. The second-order valence-electron chi connectivity index (χ2n) is 6.11. The third kappa shape index (κ3) is 5.54.